The molecule has 0 radical (unpaired) electrons. The van der Waals surface area contributed by atoms with Crippen LogP contribution < -0.4 is 14.4 Å². The van der Waals surface area contributed by atoms with Gasteiger partial charge >= 0.3 is 0 Å². The number of aryl methyl sites for hydroxylation is 1. The van der Waals surface area contributed by atoms with Crippen LogP contribution in [0, 0.1) is 6.92 Å². The number of ether oxygens (including phenoxy) is 1. The van der Waals surface area contributed by atoms with E-state index in [1.807, 2.05) is 38.1 Å². The summed E-state index contributed by atoms with van der Waals surface area (Å²) in [5.41, 5.74) is 2.55. The van der Waals surface area contributed by atoms with Crippen molar-refractivity contribution in [1.29, 1.82) is 0 Å². The zero-order chi connectivity index (χ0) is 28.4. The fourth-order valence-electron chi connectivity index (χ4n) is 5.00. The van der Waals surface area contributed by atoms with E-state index in [2.05, 4.69) is 5.32 Å². The van der Waals surface area contributed by atoms with Crippen LogP contribution in [0.2, 0.25) is 0 Å². The van der Waals surface area contributed by atoms with E-state index < -0.39 is 16.1 Å². The smallest absolute Gasteiger partial charge is 0.242 e. The predicted octanol–water partition coefficient (Wildman–Crippen LogP) is 4.81. The van der Waals surface area contributed by atoms with Crippen molar-refractivity contribution < 1.29 is 22.7 Å². The SMILES string of the molecule is CCOc1ccc(N(CCCC(=O)N(Cc2ccccc2C)C(C)C(=O)NC2CCCCC2)S(C)(=O)=O)cc1. The number of benzene rings is 2. The summed E-state index contributed by atoms with van der Waals surface area (Å²) < 4.78 is 31.9. The lowest BCUT2D eigenvalue weighted by Gasteiger charge is -2.32. The Morgan fingerprint density at radius 3 is 2.33 bits per heavy atom. The largest absolute Gasteiger partial charge is 0.494 e. The second-order valence-electron chi connectivity index (χ2n) is 10.3. The molecule has 0 bridgehead atoms. The summed E-state index contributed by atoms with van der Waals surface area (Å²) in [5, 5.41) is 3.15. The lowest BCUT2D eigenvalue weighted by Crippen LogP contribution is -2.50. The number of carbonyl (C=O) groups excluding carboxylic acids is 2. The third-order valence-electron chi connectivity index (χ3n) is 7.31. The Kier molecular flexibility index (Phi) is 11.2. The van der Waals surface area contributed by atoms with Gasteiger partial charge in [-0.15, -0.1) is 0 Å². The number of hydrogen-bond donors (Lipinski definition) is 1. The molecule has 3 rings (SSSR count). The molecule has 2 aromatic carbocycles. The van der Waals surface area contributed by atoms with Gasteiger partial charge in [-0.25, -0.2) is 8.42 Å². The maximum atomic E-state index is 13.5. The molecule has 1 aliphatic rings. The first-order valence-electron chi connectivity index (χ1n) is 13.9. The molecule has 1 N–H and O–H groups in total. The van der Waals surface area contributed by atoms with E-state index >= 15 is 0 Å². The van der Waals surface area contributed by atoms with Gasteiger partial charge in [0.15, 0.2) is 0 Å². The summed E-state index contributed by atoms with van der Waals surface area (Å²) in [6, 6.07) is 14.2. The monoisotopic (exact) mass is 557 g/mol. The number of amides is 2. The fraction of sp³-hybridized carbons (Fsp3) is 0.533. The molecule has 1 atom stereocenters. The highest BCUT2D eigenvalue weighted by atomic mass is 32.2. The summed E-state index contributed by atoms with van der Waals surface area (Å²) >= 11 is 0. The normalized spacial score (nSPS) is 14.9. The molecule has 1 aliphatic carbocycles. The molecule has 2 amide bonds. The second-order valence-corrected chi connectivity index (χ2v) is 12.2. The molecular formula is C30H43N3O5S. The number of anilines is 1. The highest BCUT2D eigenvalue weighted by molar-refractivity contribution is 7.92. The van der Waals surface area contributed by atoms with Crippen molar-refractivity contribution in [1.82, 2.24) is 10.2 Å². The molecule has 0 aliphatic heterocycles. The van der Waals surface area contributed by atoms with Crippen LogP contribution in [0.5, 0.6) is 5.75 Å². The molecule has 214 valence electrons. The van der Waals surface area contributed by atoms with Crippen molar-refractivity contribution in [2.75, 3.05) is 23.7 Å². The van der Waals surface area contributed by atoms with Gasteiger partial charge in [0.25, 0.3) is 0 Å². The molecule has 1 unspecified atom stereocenters. The average Bonchev–Trinajstić information content (AvgIpc) is 2.91. The lowest BCUT2D eigenvalue weighted by molar-refractivity contribution is -0.141. The van der Waals surface area contributed by atoms with Gasteiger partial charge in [-0.3, -0.25) is 13.9 Å². The van der Waals surface area contributed by atoms with Crippen LogP contribution in [-0.2, 0) is 26.2 Å². The molecule has 39 heavy (non-hydrogen) atoms. The van der Waals surface area contributed by atoms with E-state index in [1.54, 1.807) is 36.1 Å². The standard InChI is InChI=1S/C30H43N3O5S/c1-5-38-28-19-17-27(18-20-28)33(39(4,36)37)21-11-16-29(34)32(22-25-13-10-9-12-23(25)2)24(3)30(35)31-26-14-7-6-8-15-26/h9-10,12-13,17-20,24,26H,5-8,11,14-16,21-22H2,1-4H3,(H,31,35). The molecular weight excluding hydrogens is 514 g/mol. The number of nitrogens with zero attached hydrogens (tertiary/aromatic N) is 2. The molecule has 0 heterocycles. The highest BCUT2D eigenvalue weighted by Crippen LogP contribution is 2.23. The first kappa shape index (κ1) is 30.5. The van der Waals surface area contributed by atoms with Crippen LogP contribution in [0.25, 0.3) is 0 Å². The van der Waals surface area contributed by atoms with E-state index in [-0.39, 0.29) is 30.8 Å². The maximum Gasteiger partial charge on any atom is 0.242 e. The van der Waals surface area contributed by atoms with Gasteiger partial charge in [0, 0.05) is 25.6 Å². The zero-order valence-electron chi connectivity index (χ0n) is 23.7. The highest BCUT2D eigenvalue weighted by Gasteiger charge is 2.28. The molecule has 1 fully saturated rings. The number of nitrogens with one attached hydrogen (secondary N) is 1. The second kappa shape index (κ2) is 14.4. The van der Waals surface area contributed by atoms with Crippen LogP contribution in [0.3, 0.4) is 0 Å². The Balaban J connectivity index is 1.71. The Morgan fingerprint density at radius 1 is 1.05 bits per heavy atom. The van der Waals surface area contributed by atoms with Gasteiger partial charge in [-0.1, -0.05) is 43.5 Å². The molecule has 0 saturated heterocycles. The van der Waals surface area contributed by atoms with Crippen LogP contribution in [0.15, 0.2) is 48.5 Å². The molecule has 8 nitrogen and oxygen atoms in total. The van der Waals surface area contributed by atoms with Crippen molar-refractivity contribution in [2.45, 2.75) is 84.3 Å². The van der Waals surface area contributed by atoms with E-state index in [4.69, 9.17) is 4.74 Å². The average molecular weight is 558 g/mol. The molecule has 1 saturated carbocycles. The number of hydrogen-bond acceptors (Lipinski definition) is 5. The third-order valence-corrected chi connectivity index (χ3v) is 8.50. The minimum atomic E-state index is -3.56. The Hall–Kier alpha value is -3.07. The lowest BCUT2D eigenvalue weighted by atomic mass is 9.95. The minimum Gasteiger partial charge on any atom is -0.494 e. The molecule has 0 aromatic heterocycles. The minimum absolute atomic E-state index is 0.121. The summed E-state index contributed by atoms with van der Waals surface area (Å²) in [6.07, 6.45) is 6.95. The van der Waals surface area contributed by atoms with Crippen molar-refractivity contribution in [3.8, 4) is 5.75 Å². The third kappa shape index (κ3) is 8.98. The van der Waals surface area contributed by atoms with Gasteiger partial charge < -0.3 is 15.0 Å². The van der Waals surface area contributed by atoms with E-state index in [0.717, 1.165) is 43.1 Å². The number of rotatable bonds is 13. The number of sulfonamides is 1. The van der Waals surface area contributed by atoms with Crippen molar-refractivity contribution in [2.24, 2.45) is 0 Å². The Morgan fingerprint density at radius 2 is 1.72 bits per heavy atom. The number of carbonyl (C=O) groups is 2. The predicted molar refractivity (Wildman–Crippen MR) is 155 cm³/mol. The summed E-state index contributed by atoms with van der Waals surface area (Å²) in [7, 11) is -3.56. The van der Waals surface area contributed by atoms with Crippen molar-refractivity contribution >= 4 is 27.5 Å². The van der Waals surface area contributed by atoms with Crippen molar-refractivity contribution in [3.63, 3.8) is 0 Å². The quantitative estimate of drug-likeness (QED) is 0.382. The zero-order valence-corrected chi connectivity index (χ0v) is 24.5. The molecule has 9 heteroatoms. The first-order valence-corrected chi connectivity index (χ1v) is 15.8. The van der Waals surface area contributed by atoms with E-state index in [9.17, 15) is 18.0 Å². The van der Waals surface area contributed by atoms with Crippen LogP contribution >= 0.6 is 0 Å². The maximum absolute atomic E-state index is 13.5. The van der Waals surface area contributed by atoms with Crippen molar-refractivity contribution in [3.05, 3.63) is 59.7 Å². The van der Waals surface area contributed by atoms with Crippen LogP contribution in [0.4, 0.5) is 5.69 Å². The van der Waals surface area contributed by atoms with Gasteiger partial charge in [0.1, 0.15) is 11.8 Å². The van der Waals surface area contributed by atoms with E-state index in [0.29, 0.717) is 31.0 Å². The summed E-state index contributed by atoms with van der Waals surface area (Å²) in [5.74, 6) is 0.345. The Labute approximate surface area is 233 Å². The first-order chi connectivity index (χ1) is 18.6. The fourth-order valence-corrected chi connectivity index (χ4v) is 5.97. The van der Waals surface area contributed by atoms with Gasteiger partial charge in [-0.2, -0.15) is 0 Å². The topological polar surface area (TPSA) is 96.0 Å². The summed E-state index contributed by atoms with van der Waals surface area (Å²) in [6.45, 7) is 6.64. The summed E-state index contributed by atoms with van der Waals surface area (Å²) in [4.78, 5) is 28.4. The Bertz CT molecular complexity index is 1190. The van der Waals surface area contributed by atoms with E-state index in [1.165, 1.54) is 10.7 Å². The van der Waals surface area contributed by atoms with Crippen LogP contribution in [-0.4, -0.2) is 56.6 Å². The van der Waals surface area contributed by atoms with Gasteiger partial charge in [0.05, 0.1) is 18.6 Å². The molecule has 0 spiro atoms. The van der Waals surface area contributed by atoms with Crippen LogP contribution in [0.1, 0.15) is 69.9 Å². The van der Waals surface area contributed by atoms with Gasteiger partial charge in [0.2, 0.25) is 21.8 Å². The van der Waals surface area contributed by atoms with Gasteiger partial charge in [-0.05, 0) is 75.4 Å². The molecule has 2 aromatic rings.